The van der Waals surface area contributed by atoms with Crippen LogP contribution in [0.2, 0.25) is 0 Å². The van der Waals surface area contributed by atoms with Gasteiger partial charge < -0.3 is 15.5 Å². The van der Waals surface area contributed by atoms with E-state index in [9.17, 15) is 9.59 Å². The van der Waals surface area contributed by atoms with E-state index in [1.807, 2.05) is 24.3 Å². The number of thioether (sulfide) groups is 1. The zero-order valence-electron chi connectivity index (χ0n) is 13.1. The van der Waals surface area contributed by atoms with Crippen molar-refractivity contribution in [3.63, 3.8) is 0 Å². The molecule has 5 nitrogen and oxygen atoms in total. The number of hydrogen-bond acceptors (Lipinski definition) is 3. The molecule has 1 aliphatic heterocycles. The van der Waals surface area contributed by atoms with Crippen LogP contribution in [0.1, 0.15) is 26.7 Å². The van der Waals surface area contributed by atoms with Gasteiger partial charge in [-0.25, -0.2) is 4.79 Å². The second-order valence-corrected chi connectivity index (χ2v) is 6.54. The second-order valence-electron chi connectivity index (χ2n) is 5.41. The number of nitrogens with zero attached hydrogens (tertiary/aromatic N) is 1. The van der Waals surface area contributed by atoms with E-state index in [2.05, 4.69) is 17.6 Å². The molecular weight excluding hydrogens is 298 g/mol. The molecule has 0 radical (unpaired) electrons. The zero-order valence-corrected chi connectivity index (χ0v) is 13.9. The summed E-state index contributed by atoms with van der Waals surface area (Å²) >= 11 is 1.75. The van der Waals surface area contributed by atoms with Crippen LogP contribution in [0.25, 0.3) is 0 Å². The molecule has 0 bridgehead atoms. The van der Waals surface area contributed by atoms with Gasteiger partial charge >= 0.3 is 6.03 Å². The van der Waals surface area contributed by atoms with Crippen LogP contribution in [-0.4, -0.2) is 41.7 Å². The van der Waals surface area contributed by atoms with E-state index in [0.29, 0.717) is 13.1 Å². The maximum absolute atomic E-state index is 12.4. The monoisotopic (exact) mass is 321 g/mol. The summed E-state index contributed by atoms with van der Waals surface area (Å²) in [5.41, 5.74) is 0.855. The van der Waals surface area contributed by atoms with E-state index in [1.165, 1.54) is 6.92 Å². The van der Waals surface area contributed by atoms with Crippen molar-refractivity contribution < 1.29 is 9.59 Å². The number of amides is 3. The summed E-state index contributed by atoms with van der Waals surface area (Å²) in [6.07, 6.45) is 1.90. The molecule has 0 aliphatic carbocycles. The smallest absolute Gasteiger partial charge is 0.321 e. The minimum absolute atomic E-state index is 0.0476. The molecule has 1 aliphatic rings. The van der Waals surface area contributed by atoms with E-state index in [4.69, 9.17) is 0 Å². The van der Waals surface area contributed by atoms with Gasteiger partial charge in [-0.2, -0.15) is 0 Å². The molecule has 1 atom stereocenters. The second kappa shape index (κ2) is 8.08. The van der Waals surface area contributed by atoms with E-state index in [-0.39, 0.29) is 18.0 Å². The lowest BCUT2D eigenvalue weighted by atomic mass is 10.3. The lowest BCUT2D eigenvalue weighted by Gasteiger charge is -2.19. The number of anilines is 1. The fourth-order valence-electron chi connectivity index (χ4n) is 2.45. The summed E-state index contributed by atoms with van der Waals surface area (Å²) < 4.78 is 0. The minimum atomic E-state index is -0.0996. The number of carbonyl (C=O) groups excluding carboxylic acids is 2. The highest BCUT2D eigenvalue weighted by molar-refractivity contribution is 7.99. The molecule has 1 aromatic carbocycles. The predicted molar refractivity (Wildman–Crippen MR) is 90.3 cm³/mol. The first kappa shape index (κ1) is 16.7. The molecule has 0 unspecified atom stereocenters. The Balaban J connectivity index is 1.94. The Labute approximate surface area is 135 Å². The third-order valence-corrected chi connectivity index (χ3v) is 4.75. The van der Waals surface area contributed by atoms with Crippen molar-refractivity contribution in [2.75, 3.05) is 24.2 Å². The van der Waals surface area contributed by atoms with E-state index < -0.39 is 0 Å². The van der Waals surface area contributed by atoms with Gasteiger partial charge in [-0.05, 0) is 30.7 Å². The van der Waals surface area contributed by atoms with Gasteiger partial charge in [-0.15, -0.1) is 11.8 Å². The van der Waals surface area contributed by atoms with Crippen molar-refractivity contribution in [1.82, 2.24) is 10.2 Å². The molecule has 22 heavy (non-hydrogen) atoms. The van der Waals surface area contributed by atoms with Crippen LogP contribution < -0.4 is 10.6 Å². The highest BCUT2D eigenvalue weighted by Crippen LogP contribution is 2.27. The van der Waals surface area contributed by atoms with Gasteiger partial charge in [-0.3, -0.25) is 4.79 Å². The SMILES string of the molecule is CCCSc1ccccc1NC(=O)N1CC[C@@H](NC(C)=O)C1. The number of carbonyl (C=O) groups is 2. The first-order valence-corrected chi connectivity index (χ1v) is 8.63. The minimum Gasteiger partial charge on any atom is -0.352 e. The van der Waals surface area contributed by atoms with Gasteiger partial charge in [0.15, 0.2) is 0 Å². The lowest BCUT2D eigenvalue weighted by Crippen LogP contribution is -2.38. The van der Waals surface area contributed by atoms with Crippen LogP contribution in [0.4, 0.5) is 10.5 Å². The number of benzene rings is 1. The largest absolute Gasteiger partial charge is 0.352 e. The Hall–Kier alpha value is -1.69. The first-order valence-electron chi connectivity index (χ1n) is 7.65. The quantitative estimate of drug-likeness (QED) is 0.820. The maximum atomic E-state index is 12.4. The molecule has 120 valence electrons. The van der Waals surface area contributed by atoms with Gasteiger partial charge in [0.1, 0.15) is 0 Å². The molecule has 1 saturated heterocycles. The predicted octanol–water partition coefficient (Wildman–Crippen LogP) is 2.93. The zero-order chi connectivity index (χ0) is 15.9. The summed E-state index contributed by atoms with van der Waals surface area (Å²) in [7, 11) is 0. The molecule has 3 amide bonds. The maximum Gasteiger partial charge on any atom is 0.321 e. The number of likely N-dealkylation sites (tertiary alicyclic amines) is 1. The fraction of sp³-hybridized carbons (Fsp3) is 0.500. The molecule has 6 heteroatoms. The number of urea groups is 1. The van der Waals surface area contributed by atoms with Gasteiger partial charge in [0.05, 0.1) is 5.69 Å². The summed E-state index contributed by atoms with van der Waals surface area (Å²) in [4.78, 5) is 26.3. The summed E-state index contributed by atoms with van der Waals surface area (Å²) in [6.45, 7) is 4.88. The third-order valence-electron chi connectivity index (χ3n) is 3.47. The molecule has 2 rings (SSSR count). The Morgan fingerprint density at radius 2 is 2.14 bits per heavy atom. The van der Waals surface area contributed by atoms with Crippen molar-refractivity contribution in [3.05, 3.63) is 24.3 Å². The van der Waals surface area contributed by atoms with Crippen molar-refractivity contribution in [1.29, 1.82) is 0 Å². The first-order chi connectivity index (χ1) is 10.6. The number of rotatable bonds is 5. The van der Waals surface area contributed by atoms with Gasteiger partial charge in [0.25, 0.3) is 0 Å². The van der Waals surface area contributed by atoms with Crippen molar-refractivity contribution in [3.8, 4) is 0 Å². The van der Waals surface area contributed by atoms with Crippen molar-refractivity contribution in [2.45, 2.75) is 37.6 Å². The molecule has 2 N–H and O–H groups in total. The highest BCUT2D eigenvalue weighted by atomic mass is 32.2. The van der Waals surface area contributed by atoms with Crippen molar-refractivity contribution in [2.24, 2.45) is 0 Å². The molecule has 0 saturated carbocycles. The molecule has 1 heterocycles. The average Bonchev–Trinajstić information content (AvgIpc) is 2.94. The molecule has 0 spiro atoms. The topological polar surface area (TPSA) is 61.4 Å². The standard InChI is InChI=1S/C16H23N3O2S/c1-3-10-22-15-7-5-4-6-14(15)18-16(21)19-9-8-13(11-19)17-12(2)20/h4-7,13H,3,8-11H2,1-2H3,(H,17,20)(H,18,21)/t13-/m1/s1. The van der Waals surface area contributed by atoms with Crippen LogP contribution in [0, 0.1) is 0 Å². The van der Waals surface area contributed by atoms with Crippen LogP contribution in [0.5, 0.6) is 0 Å². The normalized spacial score (nSPS) is 17.4. The van der Waals surface area contributed by atoms with Crippen LogP contribution >= 0.6 is 11.8 Å². The Morgan fingerprint density at radius 3 is 2.86 bits per heavy atom. The van der Waals surface area contributed by atoms with Crippen LogP contribution in [0.15, 0.2) is 29.2 Å². The molecular formula is C16H23N3O2S. The summed E-state index contributed by atoms with van der Waals surface area (Å²) in [5, 5.41) is 5.85. The van der Waals surface area contributed by atoms with E-state index >= 15 is 0 Å². The summed E-state index contributed by atoms with van der Waals surface area (Å²) in [5.74, 6) is 0.981. The Morgan fingerprint density at radius 1 is 1.36 bits per heavy atom. The van der Waals surface area contributed by atoms with Gasteiger partial charge in [0, 0.05) is 31.0 Å². The fourth-order valence-corrected chi connectivity index (χ4v) is 3.33. The summed E-state index contributed by atoms with van der Waals surface area (Å²) in [6, 6.07) is 7.83. The highest BCUT2D eigenvalue weighted by Gasteiger charge is 2.26. The number of hydrogen-bond donors (Lipinski definition) is 2. The third kappa shape index (κ3) is 4.66. The van der Waals surface area contributed by atoms with Crippen LogP contribution in [-0.2, 0) is 4.79 Å². The molecule has 1 fully saturated rings. The molecule has 1 aromatic rings. The Bertz CT molecular complexity index is 536. The van der Waals surface area contributed by atoms with Crippen molar-refractivity contribution >= 4 is 29.4 Å². The Kier molecular flexibility index (Phi) is 6.12. The van der Waals surface area contributed by atoms with E-state index in [0.717, 1.165) is 29.2 Å². The van der Waals surface area contributed by atoms with Gasteiger partial charge in [-0.1, -0.05) is 19.1 Å². The average molecular weight is 321 g/mol. The van der Waals surface area contributed by atoms with E-state index in [1.54, 1.807) is 16.7 Å². The van der Waals surface area contributed by atoms with Crippen LogP contribution in [0.3, 0.4) is 0 Å². The molecule has 0 aromatic heterocycles. The van der Waals surface area contributed by atoms with Gasteiger partial charge in [0.2, 0.25) is 5.91 Å². The number of para-hydroxylation sites is 1. The lowest BCUT2D eigenvalue weighted by molar-refractivity contribution is -0.119. The number of nitrogens with one attached hydrogen (secondary N) is 2.